The lowest BCUT2D eigenvalue weighted by molar-refractivity contribution is -0.148. The minimum atomic E-state index is -0.799. The van der Waals surface area contributed by atoms with Gasteiger partial charge in [0.05, 0.1) is 11.1 Å². The monoisotopic (exact) mass is 281 g/mol. The number of nitrogens with zero attached hydrogens (tertiary/aromatic N) is 3. The molecule has 0 aliphatic carbocycles. The summed E-state index contributed by atoms with van der Waals surface area (Å²) in [7, 11) is 0. The fourth-order valence-electron chi connectivity index (χ4n) is 2.88. The van der Waals surface area contributed by atoms with E-state index in [1.54, 1.807) is 4.90 Å². The molecule has 6 heteroatoms. The van der Waals surface area contributed by atoms with Crippen LogP contribution in [0.5, 0.6) is 0 Å². The minimum Gasteiger partial charge on any atom is -0.481 e. The lowest BCUT2D eigenvalue weighted by Crippen LogP contribution is -2.35. The molecule has 1 aromatic rings. The highest BCUT2D eigenvalue weighted by atomic mass is 19.1. The van der Waals surface area contributed by atoms with Crippen molar-refractivity contribution in [2.45, 2.75) is 39.5 Å². The van der Waals surface area contributed by atoms with Crippen molar-refractivity contribution in [1.29, 1.82) is 0 Å². The van der Waals surface area contributed by atoms with E-state index in [1.165, 1.54) is 6.33 Å². The molecule has 2 rings (SSSR count). The number of halogens is 1. The van der Waals surface area contributed by atoms with Crippen LogP contribution in [0.1, 0.15) is 38.8 Å². The zero-order chi connectivity index (χ0) is 14.8. The average molecular weight is 281 g/mol. The molecule has 1 unspecified atom stereocenters. The fourth-order valence-corrected chi connectivity index (χ4v) is 2.88. The van der Waals surface area contributed by atoms with Gasteiger partial charge in [0.2, 0.25) is 0 Å². The highest BCUT2D eigenvalue weighted by molar-refractivity contribution is 5.76. The molecule has 1 aromatic heterocycles. The molecule has 1 aliphatic heterocycles. The second-order valence-corrected chi connectivity index (χ2v) is 5.32. The van der Waals surface area contributed by atoms with E-state index >= 15 is 0 Å². The molecule has 0 radical (unpaired) electrons. The van der Waals surface area contributed by atoms with Crippen molar-refractivity contribution < 1.29 is 14.3 Å². The van der Waals surface area contributed by atoms with E-state index in [9.17, 15) is 14.3 Å². The lowest BCUT2D eigenvalue weighted by Gasteiger charge is -2.24. The Kier molecular flexibility index (Phi) is 4.20. The van der Waals surface area contributed by atoms with Gasteiger partial charge >= 0.3 is 5.97 Å². The molecule has 0 bridgehead atoms. The summed E-state index contributed by atoms with van der Waals surface area (Å²) in [4.78, 5) is 21.2. The van der Waals surface area contributed by atoms with Gasteiger partial charge in [-0.05, 0) is 19.3 Å². The number of carboxylic acids is 1. The van der Waals surface area contributed by atoms with E-state index in [2.05, 4.69) is 9.97 Å². The molecule has 110 valence electrons. The zero-order valence-corrected chi connectivity index (χ0v) is 11.9. The summed E-state index contributed by atoms with van der Waals surface area (Å²) in [6.07, 6.45) is 3.77. The first-order valence-electron chi connectivity index (χ1n) is 7.01. The van der Waals surface area contributed by atoms with Gasteiger partial charge < -0.3 is 10.0 Å². The number of aryl methyl sites for hydroxylation is 1. The third-order valence-electron chi connectivity index (χ3n) is 4.01. The molecule has 1 N–H and O–H groups in total. The van der Waals surface area contributed by atoms with Gasteiger partial charge in [-0.2, -0.15) is 0 Å². The van der Waals surface area contributed by atoms with Crippen LogP contribution in [-0.4, -0.2) is 34.1 Å². The molecule has 1 aliphatic rings. The highest BCUT2D eigenvalue weighted by Crippen LogP contribution is 2.38. The Bertz CT molecular complexity index is 509. The van der Waals surface area contributed by atoms with Crippen molar-refractivity contribution in [2.75, 3.05) is 18.0 Å². The smallest absolute Gasteiger partial charge is 0.311 e. The molecule has 0 saturated carbocycles. The third-order valence-corrected chi connectivity index (χ3v) is 4.01. The van der Waals surface area contributed by atoms with Crippen LogP contribution in [0.3, 0.4) is 0 Å². The van der Waals surface area contributed by atoms with Gasteiger partial charge in [0.15, 0.2) is 11.6 Å². The maximum absolute atomic E-state index is 14.2. The van der Waals surface area contributed by atoms with Gasteiger partial charge in [0, 0.05) is 13.1 Å². The summed E-state index contributed by atoms with van der Waals surface area (Å²) >= 11 is 0. The van der Waals surface area contributed by atoms with Crippen LogP contribution in [0.15, 0.2) is 6.33 Å². The molecule has 5 nitrogen and oxygen atoms in total. The fraction of sp³-hybridized carbons (Fsp3) is 0.643. The molecule has 1 fully saturated rings. The first kappa shape index (κ1) is 14.7. The average Bonchev–Trinajstić information content (AvgIpc) is 2.85. The van der Waals surface area contributed by atoms with E-state index in [-0.39, 0.29) is 5.82 Å². The highest BCUT2D eigenvalue weighted by Gasteiger charge is 2.45. The van der Waals surface area contributed by atoms with Crippen molar-refractivity contribution in [3.05, 3.63) is 17.8 Å². The Hall–Kier alpha value is -1.72. The number of rotatable bonds is 5. The van der Waals surface area contributed by atoms with E-state index in [1.807, 2.05) is 13.8 Å². The number of aromatic nitrogens is 2. The Labute approximate surface area is 117 Å². The first-order chi connectivity index (χ1) is 9.54. The number of carbonyl (C=O) groups is 1. The quantitative estimate of drug-likeness (QED) is 0.896. The van der Waals surface area contributed by atoms with Gasteiger partial charge in [0.1, 0.15) is 6.33 Å². The second kappa shape index (κ2) is 5.73. The number of carboxylic acid groups (broad SMARTS) is 1. The maximum Gasteiger partial charge on any atom is 0.311 e. The number of hydrogen-bond donors (Lipinski definition) is 1. The molecular formula is C14H20FN3O2. The molecule has 20 heavy (non-hydrogen) atoms. The summed E-state index contributed by atoms with van der Waals surface area (Å²) in [6, 6.07) is 0. The molecule has 1 saturated heterocycles. The molecule has 0 amide bonds. The van der Waals surface area contributed by atoms with Crippen molar-refractivity contribution in [3.8, 4) is 0 Å². The van der Waals surface area contributed by atoms with Crippen molar-refractivity contribution >= 4 is 11.8 Å². The lowest BCUT2D eigenvalue weighted by atomic mass is 9.83. The molecule has 0 aromatic carbocycles. The maximum atomic E-state index is 14.2. The summed E-state index contributed by atoms with van der Waals surface area (Å²) in [5.41, 5.74) is -0.406. The van der Waals surface area contributed by atoms with Crippen molar-refractivity contribution in [3.63, 3.8) is 0 Å². The van der Waals surface area contributed by atoms with Gasteiger partial charge in [-0.1, -0.05) is 20.3 Å². The van der Waals surface area contributed by atoms with Crippen LogP contribution in [0, 0.1) is 11.2 Å². The minimum absolute atomic E-state index is 0.232. The molecule has 0 spiro atoms. The van der Waals surface area contributed by atoms with Gasteiger partial charge in [0.25, 0.3) is 0 Å². The largest absolute Gasteiger partial charge is 0.481 e. The van der Waals surface area contributed by atoms with E-state index in [4.69, 9.17) is 0 Å². The Morgan fingerprint density at radius 2 is 2.25 bits per heavy atom. The van der Waals surface area contributed by atoms with E-state index < -0.39 is 17.2 Å². The topological polar surface area (TPSA) is 66.3 Å². The molecular weight excluding hydrogens is 261 g/mol. The summed E-state index contributed by atoms with van der Waals surface area (Å²) in [5, 5.41) is 9.48. The predicted octanol–water partition coefficient (Wildman–Crippen LogP) is 2.26. The van der Waals surface area contributed by atoms with Crippen LogP contribution >= 0.6 is 0 Å². The van der Waals surface area contributed by atoms with Crippen LogP contribution in [0.25, 0.3) is 0 Å². The van der Waals surface area contributed by atoms with Crippen LogP contribution in [0.2, 0.25) is 0 Å². The first-order valence-corrected chi connectivity index (χ1v) is 7.01. The zero-order valence-electron chi connectivity index (χ0n) is 11.9. The SMILES string of the molecule is CCCC1(C(=O)O)CCN(c2ncnc(CC)c2F)C1. The van der Waals surface area contributed by atoms with Gasteiger partial charge in [-0.25, -0.2) is 14.4 Å². The molecule has 2 heterocycles. The Morgan fingerprint density at radius 1 is 1.50 bits per heavy atom. The normalized spacial score (nSPS) is 22.2. The Morgan fingerprint density at radius 3 is 2.85 bits per heavy atom. The summed E-state index contributed by atoms with van der Waals surface area (Å²) in [6.45, 7) is 4.63. The van der Waals surface area contributed by atoms with Gasteiger partial charge in [-0.3, -0.25) is 4.79 Å². The van der Waals surface area contributed by atoms with Gasteiger partial charge in [-0.15, -0.1) is 0 Å². The van der Waals surface area contributed by atoms with Crippen molar-refractivity contribution in [2.24, 2.45) is 5.41 Å². The predicted molar refractivity (Wildman–Crippen MR) is 73.2 cm³/mol. The number of hydrogen-bond acceptors (Lipinski definition) is 4. The molecule has 1 atom stereocenters. The second-order valence-electron chi connectivity index (χ2n) is 5.32. The number of anilines is 1. The van der Waals surface area contributed by atoms with Crippen LogP contribution in [0.4, 0.5) is 10.2 Å². The summed E-state index contributed by atoms with van der Waals surface area (Å²) < 4.78 is 14.2. The van der Waals surface area contributed by atoms with Crippen LogP contribution < -0.4 is 4.90 Å². The Balaban J connectivity index is 2.27. The van der Waals surface area contributed by atoms with Crippen molar-refractivity contribution in [1.82, 2.24) is 9.97 Å². The standard InChI is InChI=1S/C14H20FN3O2/c1-3-5-14(13(19)20)6-7-18(8-14)12-11(15)10(4-2)16-9-17-12/h9H,3-8H2,1-2H3,(H,19,20). The summed E-state index contributed by atoms with van der Waals surface area (Å²) in [5.74, 6) is -0.990. The number of aliphatic carboxylic acids is 1. The van der Waals surface area contributed by atoms with E-state index in [0.717, 1.165) is 6.42 Å². The van der Waals surface area contributed by atoms with Crippen LogP contribution in [-0.2, 0) is 11.2 Å². The third kappa shape index (κ3) is 2.46. The van der Waals surface area contributed by atoms with E-state index in [0.29, 0.717) is 38.0 Å².